The molecule has 0 radical (unpaired) electrons. The zero-order chi connectivity index (χ0) is 10.5. The molecule has 0 saturated heterocycles. The van der Waals surface area contributed by atoms with Gasteiger partial charge in [-0.05, 0) is 23.5 Å². The van der Waals surface area contributed by atoms with Crippen molar-refractivity contribution in [1.29, 1.82) is 0 Å². The molecule has 2 rings (SSSR count). The van der Waals surface area contributed by atoms with Gasteiger partial charge in [0.05, 0.1) is 0 Å². The van der Waals surface area contributed by atoms with Crippen LogP contribution in [0.2, 0.25) is 0 Å². The summed E-state index contributed by atoms with van der Waals surface area (Å²) in [6.07, 6.45) is 1.12. The molecule has 0 saturated carbocycles. The molecule has 1 nitrogen and oxygen atoms in total. The van der Waals surface area contributed by atoms with E-state index in [1.165, 1.54) is 11.1 Å². The summed E-state index contributed by atoms with van der Waals surface area (Å²) >= 11 is 0. The maximum atomic E-state index is 2.28. The molecule has 0 aliphatic rings. The van der Waals surface area contributed by atoms with E-state index in [-0.39, 0.29) is 6.15 Å². The number of benzene rings is 2. The Morgan fingerprint density at radius 2 is 1.31 bits per heavy atom. The van der Waals surface area contributed by atoms with Gasteiger partial charge in [0, 0.05) is 0 Å². The van der Waals surface area contributed by atoms with Crippen molar-refractivity contribution >= 4 is 0 Å². The van der Waals surface area contributed by atoms with Crippen LogP contribution in [0.15, 0.2) is 60.7 Å². The molecule has 0 aromatic heterocycles. The van der Waals surface area contributed by atoms with E-state index in [1.54, 1.807) is 0 Å². The lowest BCUT2D eigenvalue weighted by atomic mass is 9.94. The zero-order valence-electron chi connectivity index (χ0n) is 9.77. The van der Waals surface area contributed by atoms with Crippen LogP contribution in [0.25, 0.3) is 0 Å². The Balaban J connectivity index is 0.00000128. The third-order valence-electron chi connectivity index (χ3n) is 2.75. The number of rotatable bonds is 3. The highest BCUT2D eigenvalue weighted by Gasteiger charge is 2.04. The van der Waals surface area contributed by atoms with Gasteiger partial charge in [-0.1, -0.05) is 67.6 Å². The monoisotopic (exact) mass is 213 g/mol. The summed E-state index contributed by atoms with van der Waals surface area (Å²) < 4.78 is 0. The average Bonchev–Trinajstić information content (AvgIpc) is 2.31. The summed E-state index contributed by atoms with van der Waals surface area (Å²) in [6.45, 7) is 2.28. The summed E-state index contributed by atoms with van der Waals surface area (Å²) in [5, 5.41) is 0. The molecule has 0 bridgehead atoms. The van der Waals surface area contributed by atoms with Crippen LogP contribution in [0.4, 0.5) is 0 Å². The number of hydrogen-bond donors (Lipinski definition) is 1. The normalized spacial score (nSPS) is 11.6. The van der Waals surface area contributed by atoms with Gasteiger partial charge < -0.3 is 6.15 Å². The lowest BCUT2D eigenvalue weighted by Crippen LogP contribution is -1.97. The van der Waals surface area contributed by atoms with Crippen LogP contribution >= 0.6 is 0 Å². The first-order valence-electron chi connectivity index (χ1n) is 5.45. The fourth-order valence-corrected chi connectivity index (χ4v) is 1.87. The standard InChI is InChI=1S/C15H16.H3N/c1-13(15-10-6-3-7-11-15)12-14-8-4-2-5-9-14;/h2-11,13H,12H2,1H3;1H3. The summed E-state index contributed by atoms with van der Waals surface area (Å²) in [4.78, 5) is 0. The minimum absolute atomic E-state index is 0. The van der Waals surface area contributed by atoms with Gasteiger partial charge in [-0.15, -0.1) is 0 Å². The minimum atomic E-state index is 0. The van der Waals surface area contributed by atoms with Crippen molar-refractivity contribution in [2.75, 3.05) is 0 Å². The largest absolute Gasteiger partial charge is 0.344 e. The third-order valence-corrected chi connectivity index (χ3v) is 2.75. The molecular weight excluding hydrogens is 194 g/mol. The molecule has 3 N–H and O–H groups in total. The first-order valence-corrected chi connectivity index (χ1v) is 5.45. The van der Waals surface area contributed by atoms with Crippen LogP contribution in [-0.2, 0) is 6.42 Å². The van der Waals surface area contributed by atoms with Crippen LogP contribution in [-0.4, -0.2) is 0 Å². The molecule has 0 fully saturated rings. The highest BCUT2D eigenvalue weighted by molar-refractivity contribution is 5.23. The van der Waals surface area contributed by atoms with Gasteiger partial charge in [0.25, 0.3) is 0 Å². The quantitative estimate of drug-likeness (QED) is 0.815. The Kier molecular flexibility index (Phi) is 4.74. The van der Waals surface area contributed by atoms with Crippen LogP contribution in [0.3, 0.4) is 0 Å². The van der Waals surface area contributed by atoms with E-state index in [2.05, 4.69) is 67.6 Å². The van der Waals surface area contributed by atoms with Crippen LogP contribution < -0.4 is 6.15 Å². The van der Waals surface area contributed by atoms with Crippen molar-refractivity contribution in [3.8, 4) is 0 Å². The van der Waals surface area contributed by atoms with Crippen LogP contribution in [0.1, 0.15) is 24.0 Å². The van der Waals surface area contributed by atoms with Gasteiger partial charge in [-0.3, -0.25) is 0 Å². The summed E-state index contributed by atoms with van der Waals surface area (Å²) in [5.74, 6) is 0.591. The van der Waals surface area contributed by atoms with Crippen LogP contribution in [0.5, 0.6) is 0 Å². The van der Waals surface area contributed by atoms with Gasteiger partial charge in [-0.2, -0.15) is 0 Å². The second-order valence-corrected chi connectivity index (χ2v) is 4.00. The van der Waals surface area contributed by atoms with Crippen molar-refractivity contribution in [3.63, 3.8) is 0 Å². The highest BCUT2D eigenvalue weighted by atomic mass is 14.1. The van der Waals surface area contributed by atoms with E-state index < -0.39 is 0 Å². The highest BCUT2D eigenvalue weighted by Crippen LogP contribution is 2.19. The van der Waals surface area contributed by atoms with Gasteiger partial charge in [0.15, 0.2) is 0 Å². The van der Waals surface area contributed by atoms with E-state index in [1.807, 2.05) is 0 Å². The molecular formula is C15H19N. The van der Waals surface area contributed by atoms with Gasteiger partial charge in [-0.25, -0.2) is 0 Å². The fraction of sp³-hybridized carbons (Fsp3) is 0.200. The SMILES string of the molecule is CC(Cc1ccccc1)c1ccccc1.N. The van der Waals surface area contributed by atoms with E-state index >= 15 is 0 Å². The molecule has 2 aromatic rings. The summed E-state index contributed by atoms with van der Waals surface area (Å²) in [5.41, 5.74) is 2.83. The van der Waals surface area contributed by atoms with E-state index in [0.717, 1.165) is 6.42 Å². The van der Waals surface area contributed by atoms with Crippen molar-refractivity contribution < 1.29 is 0 Å². The molecule has 0 aliphatic heterocycles. The molecule has 2 aromatic carbocycles. The van der Waals surface area contributed by atoms with Crippen molar-refractivity contribution in [2.24, 2.45) is 0 Å². The van der Waals surface area contributed by atoms with E-state index in [4.69, 9.17) is 0 Å². The topological polar surface area (TPSA) is 35.0 Å². The second-order valence-electron chi connectivity index (χ2n) is 4.00. The Labute approximate surface area is 97.7 Å². The summed E-state index contributed by atoms with van der Waals surface area (Å²) in [6, 6.07) is 21.4. The first-order chi connectivity index (χ1) is 7.36. The Bertz CT molecular complexity index is 394. The average molecular weight is 213 g/mol. The van der Waals surface area contributed by atoms with Gasteiger partial charge in [0.1, 0.15) is 0 Å². The zero-order valence-corrected chi connectivity index (χ0v) is 9.77. The predicted molar refractivity (Wildman–Crippen MR) is 70.0 cm³/mol. The predicted octanol–water partition coefficient (Wildman–Crippen LogP) is 4.19. The van der Waals surface area contributed by atoms with Crippen molar-refractivity contribution in [3.05, 3.63) is 71.8 Å². The van der Waals surface area contributed by atoms with Gasteiger partial charge in [0.2, 0.25) is 0 Å². The Morgan fingerprint density at radius 3 is 1.88 bits per heavy atom. The van der Waals surface area contributed by atoms with Crippen molar-refractivity contribution in [2.45, 2.75) is 19.3 Å². The maximum absolute atomic E-state index is 2.28. The third kappa shape index (κ3) is 3.21. The first kappa shape index (κ1) is 12.5. The van der Waals surface area contributed by atoms with Crippen molar-refractivity contribution in [1.82, 2.24) is 6.15 Å². The Morgan fingerprint density at radius 1 is 0.812 bits per heavy atom. The Hall–Kier alpha value is -1.60. The van der Waals surface area contributed by atoms with E-state index in [9.17, 15) is 0 Å². The molecule has 1 unspecified atom stereocenters. The van der Waals surface area contributed by atoms with Crippen LogP contribution in [0, 0.1) is 0 Å². The molecule has 0 aliphatic carbocycles. The molecule has 1 atom stereocenters. The minimum Gasteiger partial charge on any atom is -0.344 e. The summed E-state index contributed by atoms with van der Waals surface area (Å²) in [7, 11) is 0. The maximum Gasteiger partial charge on any atom is -0.0150 e. The molecule has 0 spiro atoms. The fourth-order valence-electron chi connectivity index (χ4n) is 1.87. The molecule has 1 heteroatoms. The molecule has 84 valence electrons. The second kappa shape index (κ2) is 6.09. The lowest BCUT2D eigenvalue weighted by Gasteiger charge is -2.11. The molecule has 0 amide bonds. The van der Waals surface area contributed by atoms with E-state index in [0.29, 0.717) is 5.92 Å². The van der Waals surface area contributed by atoms with Gasteiger partial charge >= 0.3 is 0 Å². The molecule has 0 heterocycles. The lowest BCUT2D eigenvalue weighted by molar-refractivity contribution is 0.759. The number of hydrogen-bond acceptors (Lipinski definition) is 1. The molecule has 16 heavy (non-hydrogen) atoms. The smallest absolute Gasteiger partial charge is 0.0150 e.